The van der Waals surface area contributed by atoms with E-state index in [-0.39, 0.29) is 12.3 Å². The number of methoxy groups -OCH3 is 1. The van der Waals surface area contributed by atoms with Gasteiger partial charge in [0.1, 0.15) is 6.42 Å². The number of nitrogens with one attached hydrogen (secondary N) is 2. The topological polar surface area (TPSA) is 89.0 Å². The van der Waals surface area contributed by atoms with Crippen LogP contribution in [-0.2, 0) is 16.0 Å². The third-order valence-electron chi connectivity index (χ3n) is 4.34. The Labute approximate surface area is 177 Å². The summed E-state index contributed by atoms with van der Waals surface area (Å²) in [4.78, 5) is 24.1. The van der Waals surface area contributed by atoms with Crippen LogP contribution in [0.15, 0.2) is 47.6 Å². The molecule has 0 fully saturated rings. The first-order valence-corrected chi connectivity index (χ1v) is 10.1. The zero-order valence-corrected chi connectivity index (χ0v) is 17.7. The number of rotatable bonds is 11. The van der Waals surface area contributed by atoms with Crippen LogP contribution in [0, 0.1) is 0 Å². The molecule has 0 bridgehead atoms. The summed E-state index contributed by atoms with van der Waals surface area (Å²) >= 11 is 0. The molecule has 2 aromatic rings. The van der Waals surface area contributed by atoms with Gasteiger partial charge < -0.3 is 14.8 Å². The molecule has 0 spiro atoms. The van der Waals surface area contributed by atoms with Crippen LogP contribution in [0.25, 0.3) is 0 Å². The summed E-state index contributed by atoms with van der Waals surface area (Å²) in [6, 6.07) is 12.9. The molecule has 7 nitrogen and oxygen atoms in total. The Morgan fingerprint density at radius 1 is 1.07 bits per heavy atom. The maximum Gasteiger partial charge on any atom is 0.249 e. The van der Waals surface area contributed by atoms with Crippen molar-refractivity contribution < 1.29 is 19.1 Å². The Morgan fingerprint density at radius 3 is 2.60 bits per heavy atom. The highest BCUT2D eigenvalue weighted by molar-refractivity contribution is 6.04. The molecular formula is C23H29N3O4. The van der Waals surface area contributed by atoms with E-state index in [2.05, 4.69) is 22.8 Å². The Bertz CT molecular complexity index is 881. The maximum absolute atomic E-state index is 12.1. The molecule has 0 saturated carbocycles. The van der Waals surface area contributed by atoms with Gasteiger partial charge >= 0.3 is 0 Å². The highest BCUT2D eigenvalue weighted by Gasteiger charge is 2.11. The quantitative estimate of drug-likeness (QED) is 0.254. The predicted octanol–water partition coefficient (Wildman–Crippen LogP) is 3.92. The summed E-state index contributed by atoms with van der Waals surface area (Å²) in [5, 5.41) is 6.68. The van der Waals surface area contributed by atoms with Gasteiger partial charge in [0.05, 0.1) is 19.9 Å². The van der Waals surface area contributed by atoms with Crippen molar-refractivity contribution in [1.29, 1.82) is 0 Å². The zero-order valence-electron chi connectivity index (χ0n) is 17.7. The molecule has 0 radical (unpaired) electrons. The number of unbranched alkanes of at least 4 members (excludes halogenated alkanes) is 1. The second-order valence-corrected chi connectivity index (χ2v) is 6.64. The van der Waals surface area contributed by atoms with E-state index in [0.717, 1.165) is 36.1 Å². The van der Waals surface area contributed by atoms with Crippen LogP contribution in [0.4, 0.5) is 5.69 Å². The summed E-state index contributed by atoms with van der Waals surface area (Å²) in [5.74, 6) is 0.370. The number of aryl methyl sites for hydroxylation is 1. The van der Waals surface area contributed by atoms with Gasteiger partial charge in [-0.25, -0.2) is 5.43 Å². The number of hydrogen-bond acceptors (Lipinski definition) is 5. The van der Waals surface area contributed by atoms with Crippen LogP contribution in [0.5, 0.6) is 11.5 Å². The summed E-state index contributed by atoms with van der Waals surface area (Å²) in [6.07, 6.45) is 3.98. The minimum absolute atomic E-state index is 0.317. The third kappa shape index (κ3) is 7.24. The fourth-order valence-electron chi connectivity index (χ4n) is 2.72. The van der Waals surface area contributed by atoms with E-state index in [1.165, 1.54) is 6.21 Å². The van der Waals surface area contributed by atoms with Gasteiger partial charge in [0.2, 0.25) is 11.8 Å². The van der Waals surface area contributed by atoms with Crippen LogP contribution in [0.2, 0.25) is 0 Å². The molecule has 0 unspecified atom stereocenters. The number of para-hydroxylation sites is 1. The van der Waals surface area contributed by atoms with Gasteiger partial charge in [0.15, 0.2) is 11.5 Å². The molecule has 2 rings (SSSR count). The fraction of sp³-hybridized carbons (Fsp3) is 0.348. The van der Waals surface area contributed by atoms with E-state index in [0.29, 0.717) is 18.1 Å². The molecule has 0 heterocycles. The fourth-order valence-corrected chi connectivity index (χ4v) is 2.72. The number of ether oxygens (including phenoxy) is 2. The van der Waals surface area contributed by atoms with Crippen molar-refractivity contribution in [3.8, 4) is 11.5 Å². The van der Waals surface area contributed by atoms with Gasteiger partial charge in [-0.05, 0) is 48.2 Å². The van der Waals surface area contributed by atoms with Crippen LogP contribution in [0.1, 0.15) is 44.2 Å². The van der Waals surface area contributed by atoms with Crippen LogP contribution >= 0.6 is 0 Å². The molecule has 30 heavy (non-hydrogen) atoms. The Kier molecular flexibility index (Phi) is 9.37. The van der Waals surface area contributed by atoms with E-state index in [1.54, 1.807) is 19.2 Å². The Hall–Kier alpha value is -3.35. The normalized spacial score (nSPS) is 10.6. The first kappa shape index (κ1) is 22.9. The molecule has 2 N–H and O–H groups in total. The first-order chi connectivity index (χ1) is 14.6. The number of hydrogen-bond donors (Lipinski definition) is 2. The molecular weight excluding hydrogens is 382 g/mol. The molecule has 0 aliphatic carbocycles. The van der Waals surface area contributed by atoms with Crippen molar-refractivity contribution in [2.45, 2.75) is 39.5 Å². The predicted molar refractivity (Wildman–Crippen MR) is 118 cm³/mol. The number of benzene rings is 2. The van der Waals surface area contributed by atoms with Crippen molar-refractivity contribution in [2.24, 2.45) is 5.10 Å². The van der Waals surface area contributed by atoms with E-state index < -0.39 is 5.91 Å². The maximum atomic E-state index is 12.1. The molecule has 2 aromatic carbocycles. The molecule has 0 saturated heterocycles. The van der Waals surface area contributed by atoms with Crippen molar-refractivity contribution in [3.05, 3.63) is 53.6 Å². The lowest BCUT2D eigenvalue weighted by Gasteiger charge is -2.10. The van der Waals surface area contributed by atoms with Gasteiger partial charge in [0.25, 0.3) is 0 Å². The highest BCUT2D eigenvalue weighted by atomic mass is 16.5. The standard InChI is InChI=1S/C23H29N3O4/c1-4-6-13-30-20-12-11-17(14-21(20)29-3)16-24-26-23(28)15-22(27)25-19-10-8-7-9-18(19)5-2/h7-12,14,16H,4-6,13,15H2,1-3H3,(H,25,27)(H,26,28). The molecule has 0 aliphatic rings. The Morgan fingerprint density at radius 2 is 1.87 bits per heavy atom. The van der Waals surface area contributed by atoms with Gasteiger partial charge in [0, 0.05) is 5.69 Å². The monoisotopic (exact) mass is 411 g/mol. The molecule has 2 amide bonds. The van der Waals surface area contributed by atoms with Gasteiger partial charge in [-0.1, -0.05) is 38.5 Å². The highest BCUT2D eigenvalue weighted by Crippen LogP contribution is 2.27. The number of carbonyl (C=O) groups is 2. The molecule has 160 valence electrons. The van der Waals surface area contributed by atoms with Crippen LogP contribution in [-0.4, -0.2) is 31.7 Å². The second kappa shape index (κ2) is 12.3. The number of nitrogens with zero attached hydrogens (tertiary/aromatic N) is 1. The lowest BCUT2D eigenvalue weighted by molar-refractivity contribution is -0.126. The number of hydrazone groups is 1. The van der Waals surface area contributed by atoms with Crippen molar-refractivity contribution in [1.82, 2.24) is 5.43 Å². The SMILES string of the molecule is CCCCOc1ccc(C=NNC(=O)CC(=O)Nc2ccccc2CC)cc1OC. The minimum atomic E-state index is -0.496. The van der Waals surface area contributed by atoms with Gasteiger partial charge in [-0.2, -0.15) is 5.10 Å². The van der Waals surface area contributed by atoms with Crippen LogP contribution < -0.4 is 20.2 Å². The number of anilines is 1. The summed E-state index contributed by atoms with van der Waals surface area (Å²) < 4.78 is 11.0. The molecule has 0 atom stereocenters. The van der Waals surface area contributed by atoms with Crippen molar-refractivity contribution >= 4 is 23.7 Å². The smallest absolute Gasteiger partial charge is 0.249 e. The number of amides is 2. The largest absolute Gasteiger partial charge is 0.493 e. The summed E-state index contributed by atoms with van der Waals surface area (Å²) in [5.41, 5.74) is 4.83. The average Bonchev–Trinajstić information content (AvgIpc) is 2.74. The van der Waals surface area contributed by atoms with Gasteiger partial charge in [-0.15, -0.1) is 0 Å². The van der Waals surface area contributed by atoms with E-state index in [4.69, 9.17) is 9.47 Å². The molecule has 0 aliphatic heterocycles. The van der Waals surface area contributed by atoms with E-state index in [9.17, 15) is 9.59 Å². The Balaban J connectivity index is 1.87. The van der Waals surface area contributed by atoms with E-state index >= 15 is 0 Å². The summed E-state index contributed by atoms with van der Waals surface area (Å²) in [7, 11) is 1.57. The zero-order chi connectivity index (χ0) is 21.8. The van der Waals surface area contributed by atoms with Crippen molar-refractivity contribution in [2.75, 3.05) is 19.0 Å². The minimum Gasteiger partial charge on any atom is -0.493 e. The summed E-state index contributed by atoms with van der Waals surface area (Å²) in [6.45, 7) is 4.73. The van der Waals surface area contributed by atoms with Gasteiger partial charge in [-0.3, -0.25) is 9.59 Å². The van der Waals surface area contributed by atoms with E-state index in [1.807, 2.05) is 37.3 Å². The average molecular weight is 412 g/mol. The first-order valence-electron chi connectivity index (χ1n) is 10.1. The third-order valence-corrected chi connectivity index (χ3v) is 4.34. The van der Waals surface area contributed by atoms with Crippen molar-refractivity contribution in [3.63, 3.8) is 0 Å². The second-order valence-electron chi connectivity index (χ2n) is 6.64. The number of carbonyl (C=O) groups excluding carboxylic acids is 2. The lowest BCUT2D eigenvalue weighted by atomic mass is 10.1. The van der Waals surface area contributed by atoms with Crippen LogP contribution in [0.3, 0.4) is 0 Å². The molecule has 0 aromatic heterocycles. The molecule has 7 heteroatoms. The lowest BCUT2D eigenvalue weighted by Crippen LogP contribution is -2.25.